The number of carbonyl (C=O) groups is 3. The van der Waals surface area contributed by atoms with E-state index in [9.17, 15) is 23.9 Å². The van der Waals surface area contributed by atoms with E-state index in [0.717, 1.165) is 43.7 Å². The van der Waals surface area contributed by atoms with Gasteiger partial charge in [0, 0.05) is 36.6 Å². The van der Waals surface area contributed by atoms with E-state index >= 15 is 0 Å². The summed E-state index contributed by atoms with van der Waals surface area (Å²) in [6.07, 6.45) is 5.64. The first-order chi connectivity index (χ1) is 18.2. The Kier molecular flexibility index (Phi) is 7.36. The van der Waals surface area contributed by atoms with Crippen LogP contribution in [0.15, 0.2) is 12.1 Å². The summed E-state index contributed by atoms with van der Waals surface area (Å²) >= 11 is 0. The van der Waals surface area contributed by atoms with E-state index in [1.165, 1.54) is 38.3 Å². The third kappa shape index (κ3) is 5.10. The van der Waals surface area contributed by atoms with Crippen molar-refractivity contribution < 1.29 is 23.9 Å². The average Bonchev–Trinajstić information content (AvgIpc) is 3.30. The fraction of sp³-hybridized carbons (Fsp3) is 0.464. The summed E-state index contributed by atoms with van der Waals surface area (Å²) in [5, 5.41) is 14.4. The molecule has 3 aliphatic rings. The third-order valence-corrected chi connectivity index (χ3v) is 7.67. The van der Waals surface area contributed by atoms with Crippen molar-refractivity contribution in [2.45, 2.75) is 52.1 Å². The number of aliphatic hydroxyl groups excluding tert-OH is 1. The molecule has 1 saturated heterocycles. The quantitative estimate of drug-likeness (QED) is 0.434. The number of benzene rings is 1. The molecule has 4 heterocycles. The van der Waals surface area contributed by atoms with E-state index in [1.54, 1.807) is 6.08 Å². The number of likely N-dealkylation sites (tertiary alicyclic amines) is 1. The van der Waals surface area contributed by atoms with Gasteiger partial charge in [-0.15, -0.1) is 0 Å². The standard InChI is InChI=1S/C28H34FN5O4/c1-16-22(14-19-18-13-20(29)24(32-26(36)17(2)35)15-23(18)31-27(19)37)30-21-7-6-10-34(28(38)25(16)21)12-11-33-8-4-3-5-9-33/h13-15,17,30,35H,3-12H2,1-2H3,(H,31,37)(H,32,36). The van der Waals surface area contributed by atoms with Crippen molar-refractivity contribution in [2.24, 2.45) is 0 Å². The highest BCUT2D eigenvalue weighted by molar-refractivity contribution is 6.35. The molecule has 0 bridgehead atoms. The van der Waals surface area contributed by atoms with Gasteiger partial charge in [0.2, 0.25) is 0 Å². The summed E-state index contributed by atoms with van der Waals surface area (Å²) in [4.78, 5) is 45.9. The number of aliphatic hydroxyl groups is 1. The highest BCUT2D eigenvalue weighted by atomic mass is 19.1. The number of aromatic nitrogens is 1. The Labute approximate surface area is 221 Å². The van der Waals surface area contributed by atoms with Crippen molar-refractivity contribution in [2.75, 3.05) is 43.4 Å². The van der Waals surface area contributed by atoms with Crippen LogP contribution in [0.4, 0.5) is 15.8 Å². The SMILES string of the molecule is Cc1c(C=C2C(=O)Nc3cc(NC(=O)C(C)O)c(F)cc32)[nH]c2c1C(=O)N(CCN1CCCCC1)CCC2. The Bertz CT molecular complexity index is 1310. The minimum Gasteiger partial charge on any atom is -0.384 e. The first-order valence-electron chi connectivity index (χ1n) is 13.3. The molecule has 1 aromatic carbocycles. The van der Waals surface area contributed by atoms with Crippen LogP contribution in [-0.4, -0.2) is 76.4 Å². The van der Waals surface area contributed by atoms with Gasteiger partial charge in [-0.05, 0) is 76.4 Å². The monoisotopic (exact) mass is 523 g/mol. The Morgan fingerprint density at radius 2 is 1.92 bits per heavy atom. The normalized spacial score (nSPS) is 19.7. The fourth-order valence-electron chi connectivity index (χ4n) is 5.50. The molecule has 1 atom stereocenters. The van der Waals surface area contributed by atoms with Gasteiger partial charge >= 0.3 is 0 Å². The number of anilines is 2. The Balaban J connectivity index is 1.40. The first-order valence-corrected chi connectivity index (χ1v) is 13.3. The van der Waals surface area contributed by atoms with Gasteiger partial charge in [-0.3, -0.25) is 14.4 Å². The van der Waals surface area contributed by atoms with Crippen molar-refractivity contribution in [3.63, 3.8) is 0 Å². The maximum Gasteiger partial charge on any atom is 0.256 e. The summed E-state index contributed by atoms with van der Waals surface area (Å²) < 4.78 is 14.8. The van der Waals surface area contributed by atoms with Crippen molar-refractivity contribution >= 4 is 40.7 Å². The predicted octanol–water partition coefficient (Wildman–Crippen LogP) is 3.15. The first kappa shape index (κ1) is 26.1. The number of nitrogens with zero attached hydrogens (tertiary/aromatic N) is 2. The third-order valence-electron chi connectivity index (χ3n) is 7.67. The van der Waals surface area contributed by atoms with Crippen LogP contribution in [0.3, 0.4) is 0 Å². The number of H-pyrrole nitrogens is 1. The second-order valence-electron chi connectivity index (χ2n) is 10.4. The molecule has 3 aliphatic heterocycles. The van der Waals surface area contributed by atoms with Crippen molar-refractivity contribution in [1.82, 2.24) is 14.8 Å². The van der Waals surface area contributed by atoms with E-state index in [4.69, 9.17) is 0 Å². The van der Waals surface area contributed by atoms with Gasteiger partial charge in [0.1, 0.15) is 11.9 Å². The Morgan fingerprint density at radius 1 is 1.16 bits per heavy atom. The number of aryl methyl sites for hydroxylation is 1. The van der Waals surface area contributed by atoms with Crippen LogP contribution >= 0.6 is 0 Å². The van der Waals surface area contributed by atoms with Gasteiger partial charge in [-0.1, -0.05) is 6.42 Å². The highest BCUT2D eigenvalue weighted by Gasteiger charge is 2.30. The highest BCUT2D eigenvalue weighted by Crippen LogP contribution is 2.37. The number of piperidine rings is 1. The molecule has 1 aromatic heterocycles. The molecule has 10 heteroatoms. The van der Waals surface area contributed by atoms with Gasteiger partial charge in [0.25, 0.3) is 17.7 Å². The number of halogens is 1. The summed E-state index contributed by atoms with van der Waals surface area (Å²) in [7, 11) is 0. The molecule has 5 rings (SSSR count). The summed E-state index contributed by atoms with van der Waals surface area (Å²) in [5.74, 6) is -1.87. The molecule has 2 aromatic rings. The minimum atomic E-state index is -1.30. The molecule has 1 unspecified atom stereocenters. The molecule has 1 fully saturated rings. The Morgan fingerprint density at radius 3 is 2.66 bits per heavy atom. The molecule has 0 spiro atoms. The maximum absolute atomic E-state index is 14.8. The van der Waals surface area contributed by atoms with Crippen molar-refractivity contribution in [3.8, 4) is 0 Å². The zero-order valence-corrected chi connectivity index (χ0v) is 21.8. The van der Waals surface area contributed by atoms with Gasteiger partial charge < -0.3 is 30.5 Å². The number of fused-ring (bicyclic) bond motifs is 2. The topological polar surface area (TPSA) is 118 Å². The smallest absolute Gasteiger partial charge is 0.256 e. The number of nitrogens with one attached hydrogen (secondary N) is 3. The molecule has 202 valence electrons. The zero-order valence-electron chi connectivity index (χ0n) is 21.8. The number of rotatable bonds is 6. The number of amides is 3. The van der Waals surface area contributed by atoms with Crippen LogP contribution in [-0.2, 0) is 16.0 Å². The van der Waals surface area contributed by atoms with Crippen LogP contribution in [0.25, 0.3) is 11.6 Å². The van der Waals surface area contributed by atoms with Crippen LogP contribution in [0.5, 0.6) is 0 Å². The fourth-order valence-corrected chi connectivity index (χ4v) is 5.50. The van der Waals surface area contributed by atoms with Gasteiger partial charge in [0.05, 0.1) is 22.5 Å². The zero-order chi connectivity index (χ0) is 27.0. The number of hydrogen-bond acceptors (Lipinski definition) is 5. The largest absolute Gasteiger partial charge is 0.384 e. The van der Waals surface area contributed by atoms with Crippen LogP contribution in [0.1, 0.15) is 65.5 Å². The second-order valence-corrected chi connectivity index (χ2v) is 10.4. The lowest BCUT2D eigenvalue weighted by atomic mass is 10.0. The van der Waals surface area contributed by atoms with Gasteiger partial charge in [-0.25, -0.2) is 4.39 Å². The summed E-state index contributed by atoms with van der Waals surface area (Å²) in [6, 6.07) is 2.53. The van der Waals surface area contributed by atoms with E-state index < -0.39 is 23.7 Å². The maximum atomic E-state index is 14.8. The van der Waals surface area contributed by atoms with Crippen LogP contribution < -0.4 is 10.6 Å². The van der Waals surface area contributed by atoms with Gasteiger partial charge in [0.15, 0.2) is 0 Å². The molecular formula is C28H34FN5O4. The van der Waals surface area contributed by atoms with Crippen LogP contribution in [0.2, 0.25) is 0 Å². The van der Waals surface area contributed by atoms with E-state index in [1.807, 2.05) is 11.8 Å². The lowest BCUT2D eigenvalue weighted by Crippen LogP contribution is -2.40. The van der Waals surface area contributed by atoms with E-state index in [2.05, 4.69) is 20.5 Å². The second kappa shape index (κ2) is 10.7. The average molecular weight is 524 g/mol. The molecule has 0 radical (unpaired) electrons. The lowest BCUT2D eigenvalue weighted by molar-refractivity contribution is -0.123. The van der Waals surface area contributed by atoms with Crippen molar-refractivity contribution in [3.05, 3.63) is 46.0 Å². The van der Waals surface area contributed by atoms with E-state index in [0.29, 0.717) is 35.6 Å². The molecule has 4 N–H and O–H groups in total. The minimum absolute atomic E-state index is 0.00808. The number of hydrogen-bond donors (Lipinski definition) is 4. The predicted molar refractivity (Wildman–Crippen MR) is 143 cm³/mol. The van der Waals surface area contributed by atoms with Gasteiger partial charge in [-0.2, -0.15) is 0 Å². The lowest BCUT2D eigenvalue weighted by Gasteiger charge is -2.29. The molecule has 38 heavy (non-hydrogen) atoms. The molecular weight excluding hydrogens is 489 g/mol. The summed E-state index contributed by atoms with van der Waals surface area (Å²) in [6.45, 7) is 7.62. The molecule has 0 saturated carbocycles. The van der Waals surface area contributed by atoms with Crippen molar-refractivity contribution in [1.29, 1.82) is 0 Å². The van der Waals surface area contributed by atoms with E-state index in [-0.39, 0.29) is 17.2 Å². The molecule has 3 amide bonds. The molecule has 9 nitrogen and oxygen atoms in total. The Hall–Kier alpha value is -3.50. The summed E-state index contributed by atoms with van der Waals surface area (Å²) in [5.41, 5.74) is 3.79. The number of aromatic amines is 1. The van der Waals surface area contributed by atoms with Crippen LogP contribution in [0, 0.1) is 12.7 Å². The molecule has 0 aliphatic carbocycles. The number of carbonyl (C=O) groups excluding carboxylic acids is 3.